The van der Waals surface area contributed by atoms with Crippen LogP contribution in [0.3, 0.4) is 0 Å². The summed E-state index contributed by atoms with van der Waals surface area (Å²) in [4.78, 5) is 13.8. The van der Waals surface area contributed by atoms with E-state index in [4.69, 9.17) is 0 Å². The molecule has 0 aromatic heterocycles. The maximum Gasteiger partial charge on any atom is 0.391 e. The first-order valence-corrected chi connectivity index (χ1v) is 7.20. The van der Waals surface area contributed by atoms with Crippen molar-refractivity contribution < 1.29 is 18.0 Å². The lowest BCUT2D eigenvalue weighted by Gasteiger charge is -2.33. The molecule has 0 N–H and O–H groups in total. The monoisotopic (exact) mass is 349 g/mol. The van der Waals surface area contributed by atoms with Crippen LogP contribution in [0.15, 0.2) is 22.7 Å². The second-order valence-electron chi connectivity index (χ2n) is 5.07. The van der Waals surface area contributed by atoms with Crippen LogP contribution >= 0.6 is 15.9 Å². The van der Waals surface area contributed by atoms with Crippen molar-refractivity contribution in [3.8, 4) is 0 Å². The molecule has 0 saturated carbocycles. The summed E-state index contributed by atoms with van der Waals surface area (Å²) in [5.41, 5.74) is 1.46. The molecule has 1 aliphatic heterocycles. The average molecular weight is 350 g/mol. The van der Waals surface area contributed by atoms with E-state index in [1.165, 1.54) is 4.90 Å². The Kier molecular flexibility index (Phi) is 4.42. The van der Waals surface area contributed by atoms with E-state index in [2.05, 4.69) is 15.9 Å². The highest BCUT2D eigenvalue weighted by molar-refractivity contribution is 9.10. The van der Waals surface area contributed by atoms with E-state index in [0.29, 0.717) is 5.56 Å². The van der Waals surface area contributed by atoms with Crippen molar-refractivity contribution in [1.82, 2.24) is 4.90 Å². The second kappa shape index (κ2) is 5.76. The third-order valence-electron chi connectivity index (χ3n) is 3.65. The molecule has 0 radical (unpaired) electrons. The summed E-state index contributed by atoms with van der Waals surface area (Å²) < 4.78 is 38.7. The Morgan fingerprint density at radius 2 is 1.90 bits per heavy atom. The highest BCUT2D eigenvalue weighted by Gasteiger charge is 2.41. The first-order valence-electron chi connectivity index (χ1n) is 6.41. The number of carbonyl (C=O) groups is 1. The second-order valence-corrected chi connectivity index (χ2v) is 5.93. The van der Waals surface area contributed by atoms with Crippen LogP contribution in [-0.2, 0) is 0 Å². The predicted molar refractivity (Wildman–Crippen MR) is 73.6 cm³/mol. The minimum Gasteiger partial charge on any atom is -0.339 e. The standard InChI is InChI=1S/C14H15BrF3NO/c1-9-8-10(2-3-12(9)15)13(20)19-6-4-11(5-7-19)14(16,17)18/h2-3,8,11H,4-7H2,1H3. The summed E-state index contributed by atoms with van der Waals surface area (Å²) in [6, 6.07) is 5.22. The van der Waals surface area contributed by atoms with Crippen molar-refractivity contribution in [3.05, 3.63) is 33.8 Å². The van der Waals surface area contributed by atoms with Crippen LogP contribution in [0.2, 0.25) is 0 Å². The molecule has 1 aromatic carbocycles. The molecule has 0 unspecified atom stereocenters. The summed E-state index contributed by atoms with van der Waals surface area (Å²) >= 11 is 3.35. The van der Waals surface area contributed by atoms with Crippen molar-refractivity contribution in [2.24, 2.45) is 5.92 Å². The Morgan fingerprint density at radius 3 is 2.40 bits per heavy atom. The molecule has 0 bridgehead atoms. The first-order chi connectivity index (χ1) is 9.29. The van der Waals surface area contributed by atoms with Crippen molar-refractivity contribution in [1.29, 1.82) is 0 Å². The fraction of sp³-hybridized carbons (Fsp3) is 0.500. The molecule has 1 aliphatic rings. The molecule has 2 nitrogen and oxygen atoms in total. The van der Waals surface area contributed by atoms with Gasteiger partial charge in [0.15, 0.2) is 0 Å². The van der Waals surface area contributed by atoms with Crippen LogP contribution in [0.25, 0.3) is 0 Å². The maximum atomic E-state index is 12.6. The van der Waals surface area contributed by atoms with Gasteiger partial charge in [0, 0.05) is 23.1 Å². The van der Waals surface area contributed by atoms with Crippen LogP contribution in [0.4, 0.5) is 13.2 Å². The van der Waals surface area contributed by atoms with Crippen molar-refractivity contribution >= 4 is 21.8 Å². The number of amides is 1. The molecule has 1 fully saturated rings. The molecule has 110 valence electrons. The fourth-order valence-corrected chi connectivity index (χ4v) is 2.62. The van der Waals surface area contributed by atoms with Gasteiger partial charge < -0.3 is 4.90 Å². The molecule has 0 aliphatic carbocycles. The molecule has 6 heteroatoms. The number of halogens is 4. The molecule has 1 aromatic rings. The molecule has 0 atom stereocenters. The predicted octanol–water partition coefficient (Wildman–Crippen LogP) is 4.17. The van der Waals surface area contributed by atoms with Gasteiger partial charge in [0.05, 0.1) is 5.92 Å². The van der Waals surface area contributed by atoms with Crippen LogP contribution in [0, 0.1) is 12.8 Å². The van der Waals surface area contributed by atoms with E-state index in [1.54, 1.807) is 18.2 Å². The summed E-state index contributed by atoms with van der Waals surface area (Å²) in [6.45, 7) is 2.20. The summed E-state index contributed by atoms with van der Waals surface area (Å²) in [5, 5.41) is 0. The summed E-state index contributed by atoms with van der Waals surface area (Å²) in [7, 11) is 0. The molecule has 1 saturated heterocycles. The van der Waals surface area contributed by atoms with Crippen LogP contribution in [-0.4, -0.2) is 30.1 Å². The molecule has 2 rings (SSSR count). The van der Waals surface area contributed by atoms with Gasteiger partial charge in [-0.1, -0.05) is 15.9 Å². The Morgan fingerprint density at radius 1 is 1.30 bits per heavy atom. The molecular formula is C14H15BrF3NO. The zero-order chi connectivity index (χ0) is 14.9. The highest BCUT2D eigenvalue weighted by Crippen LogP contribution is 2.34. The Labute approximate surface area is 124 Å². The fourth-order valence-electron chi connectivity index (χ4n) is 2.37. The highest BCUT2D eigenvalue weighted by atomic mass is 79.9. The smallest absolute Gasteiger partial charge is 0.339 e. The molecule has 1 heterocycles. The van der Waals surface area contributed by atoms with Crippen LogP contribution in [0.1, 0.15) is 28.8 Å². The third-order valence-corrected chi connectivity index (χ3v) is 4.54. The molecule has 1 amide bonds. The number of benzene rings is 1. The quantitative estimate of drug-likeness (QED) is 0.744. The number of piperidine rings is 1. The number of likely N-dealkylation sites (tertiary alicyclic amines) is 1. The van der Waals surface area contributed by atoms with E-state index in [9.17, 15) is 18.0 Å². The van der Waals surface area contributed by atoms with Gasteiger partial charge >= 0.3 is 6.18 Å². The van der Waals surface area contributed by atoms with Gasteiger partial charge in [-0.15, -0.1) is 0 Å². The zero-order valence-electron chi connectivity index (χ0n) is 11.0. The van der Waals surface area contributed by atoms with Gasteiger partial charge in [-0.05, 0) is 43.5 Å². The van der Waals surface area contributed by atoms with E-state index in [0.717, 1.165) is 10.0 Å². The molecule has 0 spiro atoms. The lowest BCUT2D eigenvalue weighted by Crippen LogP contribution is -2.42. The number of hydrogen-bond donors (Lipinski definition) is 0. The van der Waals surface area contributed by atoms with Gasteiger partial charge in [-0.2, -0.15) is 13.2 Å². The zero-order valence-corrected chi connectivity index (χ0v) is 12.6. The number of hydrogen-bond acceptors (Lipinski definition) is 1. The Balaban J connectivity index is 2.03. The van der Waals surface area contributed by atoms with Crippen molar-refractivity contribution in [3.63, 3.8) is 0 Å². The normalized spacial score (nSPS) is 17.4. The van der Waals surface area contributed by atoms with Crippen molar-refractivity contribution in [2.45, 2.75) is 25.9 Å². The number of carbonyl (C=O) groups excluding carboxylic acids is 1. The molecular weight excluding hydrogens is 335 g/mol. The Hall–Kier alpha value is -1.04. The third kappa shape index (κ3) is 3.34. The first kappa shape index (κ1) is 15.4. The van der Waals surface area contributed by atoms with Gasteiger partial charge in [-0.3, -0.25) is 4.79 Å². The lowest BCUT2D eigenvalue weighted by atomic mass is 9.96. The van der Waals surface area contributed by atoms with Crippen LogP contribution in [0.5, 0.6) is 0 Å². The van der Waals surface area contributed by atoms with E-state index < -0.39 is 12.1 Å². The maximum absolute atomic E-state index is 12.6. The largest absolute Gasteiger partial charge is 0.391 e. The summed E-state index contributed by atoms with van der Waals surface area (Å²) in [5.74, 6) is -1.47. The van der Waals surface area contributed by atoms with Gasteiger partial charge in [0.2, 0.25) is 0 Å². The summed E-state index contributed by atoms with van der Waals surface area (Å²) in [6.07, 6.45) is -4.17. The Bertz CT molecular complexity index is 508. The minimum atomic E-state index is -4.15. The van der Waals surface area contributed by atoms with Crippen molar-refractivity contribution in [2.75, 3.05) is 13.1 Å². The van der Waals surface area contributed by atoms with E-state index in [1.807, 2.05) is 6.92 Å². The van der Waals surface area contributed by atoms with Gasteiger partial charge in [0.1, 0.15) is 0 Å². The van der Waals surface area contributed by atoms with Gasteiger partial charge in [0.25, 0.3) is 5.91 Å². The molecule has 20 heavy (non-hydrogen) atoms. The number of rotatable bonds is 1. The van der Waals surface area contributed by atoms with Gasteiger partial charge in [-0.25, -0.2) is 0 Å². The SMILES string of the molecule is Cc1cc(C(=O)N2CCC(C(F)(F)F)CC2)ccc1Br. The average Bonchev–Trinajstić information content (AvgIpc) is 2.40. The number of aryl methyl sites for hydroxylation is 1. The van der Waals surface area contributed by atoms with E-state index >= 15 is 0 Å². The lowest BCUT2D eigenvalue weighted by molar-refractivity contribution is -0.183. The minimum absolute atomic E-state index is 0.00918. The van der Waals surface area contributed by atoms with Crippen LogP contribution < -0.4 is 0 Å². The number of nitrogens with zero attached hydrogens (tertiary/aromatic N) is 1. The number of alkyl halides is 3. The topological polar surface area (TPSA) is 20.3 Å². The van der Waals surface area contributed by atoms with E-state index in [-0.39, 0.29) is 31.8 Å².